The Hall–Kier alpha value is -2.66. The molecule has 0 aliphatic carbocycles. The van der Waals surface area contributed by atoms with E-state index in [9.17, 15) is 18.3 Å². The van der Waals surface area contributed by atoms with E-state index in [-0.39, 0.29) is 24.6 Å². The molecule has 0 bridgehead atoms. The molecule has 12 heteroatoms. The van der Waals surface area contributed by atoms with E-state index in [2.05, 4.69) is 20.2 Å². The largest absolute Gasteiger partial charge is 0.454 e. The van der Waals surface area contributed by atoms with Crippen molar-refractivity contribution in [1.29, 1.82) is 0 Å². The van der Waals surface area contributed by atoms with Crippen LogP contribution in [0.25, 0.3) is 11.2 Å². The molecule has 8 nitrogen and oxygen atoms in total. The van der Waals surface area contributed by atoms with Crippen LogP contribution in [0.5, 0.6) is 6.01 Å². The second kappa shape index (κ2) is 7.64. The molecule has 1 N–H and O–H groups in total. The van der Waals surface area contributed by atoms with Crippen molar-refractivity contribution in [1.82, 2.24) is 25.0 Å². The van der Waals surface area contributed by atoms with E-state index in [0.717, 1.165) is 5.56 Å². The van der Waals surface area contributed by atoms with Gasteiger partial charge in [0.15, 0.2) is 17.9 Å². The Bertz CT molecular complexity index is 1030. The fraction of sp³-hybridized carbons (Fsp3) is 0.412. The lowest BCUT2D eigenvalue weighted by atomic mass is 10.2. The van der Waals surface area contributed by atoms with Crippen molar-refractivity contribution >= 4 is 28.6 Å². The van der Waals surface area contributed by atoms with Crippen molar-refractivity contribution in [2.24, 2.45) is 0 Å². The van der Waals surface area contributed by atoms with E-state index < -0.39 is 24.9 Å². The van der Waals surface area contributed by atoms with Gasteiger partial charge in [-0.3, -0.25) is 0 Å². The van der Waals surface area contributed by atoms with E-state index in [1.165, 1.54) is 4.80 Å². The van der Waals surface area contributed by atoms with E-state index in [0.29, 0.717) is 23.5 Å². The SMILES string of the molecule is OC1CCN(c2nc(OCC(F)(F)F)nc3nn(Cc4ccccc4Cl)nc23)C1. The molecule has 1 unspecified atom stereocenters. The minimum Gasteiger partial charge on any atom is -0.454 e. The number of rotatable bonds is 5. The highest BCUT2D eigenvalue weighted by Gasteiger charge is 2.30. The predicted octanol–water partition coefficient (Wildman–Crippen LogP) is 2.44. The van der Waals surface area contributed by atoms with Gasteiger partial charge < -0.3 is 14.7 Å². The monoisotopic (exact) mass is 428 g/mol. The molecule has 3 aromatic rings. The van der Waals surface area contributed by atoms with Gasteiger partial charge in [-0.15, -0.1) is 10.2 Å². The smallest absolute Gasteiger partial charge is 0.422 e. The predicted molar refractivity (Wildman–Crippen MR) is 98.1 cm³/mol. The van der Waals surface area contributed by atoms with Crippen molar-refractivity contribution in [2.75, 3.05) is 24.6 Å². The minimum absolute atomic E-state index is 0.0978. The Balaban J connectivity index is 1.71. The van der Waals surface area contributed by atoms with E-state index in [4.69, 9.17) is 16.3 Å². The van der Waals surface area contributed by atoms with Crippen LogP contribution < -0.4 is 9.64 Å². The topological polar surface area (TPSA) is 89.2 Å². The molecule has 1 aliphatic heterocycles. The highest BCUT2D eigenvalue weighted by Crippen LogP contribution is 2.28. The van der Waals surface area contributed by atoms with Crippen LogP contribution in [0.15, 0.2) is 24.3 Å². The maximum atomic E-state index is 12.5. The van der Waals surface area contributed by atoms with Crippen LogP contribution in [0.3, 0.4) is 0 Å². The number of aliphatic hydroxyl groups is 1. The summed E-state index contributed by atoms with van der Waals surface area (Å²) in [5.41, 5.74) is 1.18. The summed E-state index contributed by atoms with van der Waals surface area (Å²) in [6.07, 6.45) is -4.57. The number of ether oxygens (including phenoxy) is 1. The molecule has 0 amide bonds. The first kappa shape index (κ1) is 19.6. The third-order valence-electron chi connectivity index (χ3n) is 4.35. The molecule has 29 heavy (non-hydrogen) atoms. The van der Waals surface area contributed by atoms with Gasteiger partial charge >= 0.3 is 12.2 Å². The van der Waals surface area contributed by atoms with Gasteiger partial charge in [-0.05, 0) is 18.1 Å². The molecule has 154 valence electrons. The third kappa shape index (κ3) is 4.51. The van der Waals surface area contributed by atoms with Gasteiger partial charge in [0.1, 0.15) is 0 Å². The minimum atomic E-state index is -4.52. The van der Waals surface area contributed by atoms with Gasteiger partial charge in [0, 0.05) is 18.1 Å². The van der Waals surface area contributed by atoms with Crippen LogP contribution in [-0.4, -0.2) is 62.0 Å². The van der Waals surface area contributed by atoms with Crippen LogP contribution >= 0.6 is 11.6 Å². The summed E-state index contributed by atoms with van der Waals surface area (Å²) in [6.45, 7) is -0.517. The Morgan fingerprint density at radius 1 is 1.21 bits per heavy atom. The summed E-state index contributed by atoms with van der Waals surface area (Å²) in [5, 5.41) is 19.0. The normalized spacial score (nSPS) is 17.3. The van der Waals surface area contributed by atoms with Gasteiger partial charge in [-0.2, -0.15) is 27.9 Å². The summed E-state index contributed by atoms with van der Waals surface area (Å²) in [6, 6.07) is 6.73. The van der Waals surface area contributed by atoms with E-state index in [1.807, 2.05) is 12.1 Å². The number of benzene rings is 1. The first-order valence-corrected chi connectivity index (χ1v) is 9.15. The summed E-state index contributed by atoms with van der Waals surface area (Å²) in [5.74, 6) is 0.272. The van der Waals surface area contributed by atoms with Gasteiger partial charge in [-0.1, -0.05) is 29.8 Å². The van der Waals surface area contributed by atoms with Gasteiger partial charge in [-0.25, -0.2) is 0 Å². The second-order valence-corrected chi connectivity index (χ2v) is 7.02. The van der Waals surface area contributed by atoms with Crippen LogP contribution in [0.2, 0.25) is 5.02 Å². The molecule has 0 saturated carbocycles. The number of β-amino-alcohol motifs (C(OH)–C–C–N with tert-alkyl or cyclic N) is 1. The molecular formula is C17H16ClF3N6O2. The zero-order valence-electron chi connectivity index (χ0n) is 15.0. The Morgan fingerprint density at radius 2 is 2.00 bits per heavy atom. The van der Waals surface area contributed by atoms with Crippen molar-refractivity contribution in [2.45, 2.75) is 25.2 Å². The lowest BCUT2D eigenvalue weighted by Crippen LogP contribution is -2.24. The summed E-state index contributed by atoms with van der Waals surface area (Å²) < 4.78 is 42.3. The molecule has 2 aromatic heterocycles. The average molecular weight is 429 g/mol. The quantitative estimate of drug-likeness (QED) is 0.667. The van der Waals surface area contributed by atoms with E-state index in [1.54, 1.807) is 17.0 Å². The van der Waals surface area contributed by atoms with Crippen LogP contribution in [0, 0.1) is 0 Å². The molecule has 4 rings (SSSR count). The summed E-state index contributed by atoms with van der Waals surface area (Å²) in [7, 11) is 0. The van der Waals surface area contributed by atoms with Gasteiger partial charge in [0.05, 0.1) is 12.6 Å². The Kier molecular flexibility index (Phi) is 5.17. The molecule has 0 radical (unpaired) electrons. The molecule has 0 spiro atoms. The first-order valence-electron chi connectivity index (χ1n) is 8.77. The first-order chi connectivity index (χ1) is 13.8. The molecule has 1 atom stereocenters. The van der Waals surface area contributed by atoms with Gasteiger partial charge in [0.25, 0.3) is 0 Å². The van der Waals surface area contributed by atoms with E-state index >= 15 is 0 Å². The number of aromatic nitrogens is 5. The lowest BCUT2D eigenvalue weighted by Gasteiger charge is -2.17. The summed E-state index contributed by atoms with van der Waals surface area (Å²) >= 11 is 6.17. The standard InChI is InChI=1S/C17H16ClF3N6O2/c18-12-4-2-1-3-10(12)7-27-24-13-14(25-27)22-16(29-9-17(19,20)21)23-15(13)26-6-5-11(28)8-26/h1-4,11,28H,5-9H2. The second-order valence-electron chi connectivity index (χ2n) is 6.62. The number of alkyl halides is 3. The number of hydrogen-bond donors (Lipinski definition) is 1. The highest BCUT2D eigenvalue weighted by atomic mass is 35.5. The fourth-order valence-corrected chi connectivity index (χ4v) is 3.23. The molecule has 1 fully saturated rings. The van der Waals surface area contributed by atoms with Crippen molar-refractivity contribution in [3.8, 4) is 6.01 Å². The third-order valence-corrected chi connectivity index (χ3v) is 4.72. The zero-order chi connectivity index (χ0) is 20.6. The maximum Gasteiger partial charge on any atom is 0.422 e. The highest BCUT2D eigenvalue weighted by molar-refractivity contribution is 6.31. The molecule has 1 saturated heterocycles. The Morgan fingerprint density at radius 3 is 2.69 bits per heavy atom. The molecule has 3 heterocycles. The van der Waals surface area contributed by atoms with Crippen molar-refractivity contribution in [3.63, 3.8) is 0 Å². The number of halogens is 4. The number of anilines is 1. The fourth-order valence-electron chi connectivity index (χ4n) is 3.03. The van der Waals surface area contributed by atoms with Crippen LogP contribution in [0.4, 0.5) is 19.0 Å². The van der Waals surface area contributed by atoms with Gasteiger partial charge in [0.2, 0.25) is 5.65 Å². The van der Waals surface area contributed by atoms with Crippen molar-refractivity contribution < 1.29 is 23.0 Å². The number of fused-ring (bicyclic) bond motifs is 1. The number of nitrogens with zero attached hydrogens (tertiary/aromatic N) is 6. The molecule has 1 aromatic carbocycles. The van der Waals surface area contributed by atoms with Crippen LogP contribution in [0.1, 0.15) is 12.0 Å². The number of aliphatic hydroxyl groups excluding tert-OH is 1. The summed E-state index contributed by atoms with van der Waals surface area (Å²) in [4.78, 5) is 11.1. The Labute approximate surface area is 167 Å². The molecule has 1 aliphatic rings. The molecular weight excluding hydrogens is 413 g/mol. The average Bonchev–Trinajstić information content (AvgIpc) is 3.26. The number of hydrogen-bond acceptors (Lipinski definition) is 7. The maximum absolute atomic E-state index is 12.5. The van der Waals surface area contributed by atoms with Crippen molar-refractivity contribution in [3.05, 3.63) is 34.9 Å². The zero-order valence-corrected chi connectivity index (χ0v) is 15.7. The van der Waals surface area contributed by atoms with Crippen LogP contribution in [-0.2, 0) is 6.54 Å². The lowest BCUT2D eigenvalue weighted by molar-refractivity contribution is -0.154.